The lowest BCUT2D eigenvalue weighted by Crippen LogP contribution is -2.35. The number of benzene rings is 2. The lowest BCUT2D eigenvalue weighted by atomic mass is 10.1. The molecular formula is C24H31N3O2. The highest BCUT2D eigenvalue weighted by molar-refractivity contribution is 5.99. The minimum atomic E-state index is -0.199. The summed E-state index contributed by atoms with van der Waals surface area (Å²) >= 11 is 0. The van der Waals surface area contributed by atoms with Gasteiger partial charge in [0, 0.05) is 35.5 Å². The van der Waals surface area contributed by atoms with Crippen molar-refractivity contribution in [3.8, 4) is 0 Å². The number of nitrogens with zero attached hydrogens (tertiary/aromatic N) is 1. The quantitative estimate of drug-likeness (QED) is 0.600. The summed E-state index contributed by atoms with van der Waals surface area (Å²) in [5.41, 5.74) is 3.29. The minimum absolute atomic E-state index is 0.0459. The van der Waals surface area contributed by atoms with Gasteiger partial charge in [-0.2, -0.15) is 0 Å². The highest BCUT2D eigenvalue weighted by atomic mass is 16.2. The molecule has 1 aliphatic heterocycles. The molecule has 0 saturated carbocycles. The van der Waals surface area contributed by atoms with E-state index in [1.165, 1.54) is 0 Å². The van der Waals surface area contributed by atoms with E-state index in [0.29, 0.717) is 24.6 Å². The lowest BCUT2D eigenvalue weighted by molar-refractivity contribution is 0.0720. The van der Waals surface area contributed by atoms with Gasteiger partial charge in [-0.25, -0.2) is 0 Å². The van der Waals surface area contributed by atoms with Crippen molar-refractivity contribution in [1.29, 1.82) is 0 Å². The number of carbonyl (C=O) groups is 2. The van der Waals surface area contributed by atoms with Gasteiger partial charge < -0.3 is 15.5 Å². The van der Waals surface area contributed by atoms with E-state index in [1.807, 2.05) is 53.4 Å². The Labute approximate surface area is 173 Å². The number of rotatable bonds is 9. The van der Waals surface area contributed by atoms with Crippen LogP contribution in [0.4, 0.5) is 5.69 Å². The number of carbonyl (C=O) groups excluding carboxylic acids is 2. The van der Waals surface area contributed by atoms with Crippen LogP contribution in [0.1, 0.15) is 72.5 Å². The molecule has 0 bridgehead atoms. The number of nitrogens with one attached hydrogen (secondary N) is 2. The molecular weight excluding hydrogens is 362 g/mol. The zero-order chi connectivity index (χ0) is 20.8. The highest BCUT2D eigenvalue weighted by Gasteiger charge is 2.36. The molecule has 2 aromatic carbocycles. The van der Waals surface area contributed by atoms with E-state index >= 15 is 0 Å². The first-order valence-corrected chi connectivity index (χ1v) is 10.6. The van der Waals surface area contributed by atoms with E-state index in [1.54, 1.807) is 0 Å². The Morgan fingerprint density at radius 3 is 2.48 bits per heavy atom. The number of amides is 2. The number of hydrogen-bond acceptors (Lipinski definition) is 3. The molecule has 3 rings (SSSR count). The SMILES string of the molecule is CCCCCNC(=O)c1ccc(N[C@H]2c3ccccc3C(=O)N2CC(C)C)cc1. The molecule has 0 radical (unpaired) electrons. The zero-order valence-corrected chi connectivity index (χ0v) is 17.6. The zero-order valence-electron chi connectivity index (χ0n) is 17.6. The van der Waals surface area contributed by atoms with Gasteiger partial charge >= 0.3 is 0 Å². The van der Waals surface area contributed by atoms with Crippen LogP contribution in [0.15, 0.2) is 48.5 Å². The van der Waals surface area contributed by atoms with Gasteiger partial charge in [-0.15, -0.1) is 0 Å². The largest absolute Gasteiger partial charge is 0.361 e. The molecule has 2 aromatic rings. The molecule has 5 heteroatoms. The molecule has 1 atom stereocenters. The summed E-state index contributed by atoms with van der Waals surface area (Å²) in [5.74, 6) is 0.390. The fourth-order valence-electron chi connectivity index (χ4n) is 3.66. The van der Waals surface area contributed by atoms with Crippen molar-refractivity contribution in [3.63, 3.8) is 0 Å². The average Bonchev–Trinajstić information content (AvgIpc) is 2.97. The normalized spacial score (nSPS) is 15.5. The summed E-state index contributed by atoms with van der Waals surface area (Å²) in [4.78, 5) is 27.0. The monoisotopic (exact) mass is 393 g/mol. The van der Waals surface area contributed by atoms with Crippen LogP contribution in [0.3, 0.4) is 0 Å². The van der Waals surface area contributed by atoms with E-state index in [9.17, 15) is 9.59 Å². The second-order valence-corrected chi connectivity index (χ2v) is 8.03. The van der Waals surface area contributed by atoms with Gasteiger partial charge in [0.25, 0.3) is 11.8 Å². The van der Waals surface area contributed by atoms with Gasteiger partial charge in [0.05, 0.1) is 0 Å². The van der Waals surface area contributed by atoms with Gasteiger partial charge in [0.1, 0.15) is 6.17 Å². The fraction of sp³-hybridized carbons (Fsp3) is 0.417. The van der Waals surface area contributed by atoms with Gasteiger partial charge in [0.15, 0.2) is 0 Å². The summed E-state index contributed by atoms with van der Waals surface area (Å²) in [6.45, 7) is 7.76. The van der Waals surface area contributed by atoms with Crippen LogP contribution in [-0.2, 0) is 0 Å². The molecule has 0 aromatic heterocycles. The fourth-order valence-corrected chi connectivity index (χ4v) is 3.66. The third-order valence-electron chi connectivity index (χ3n) is 5.14. The Kier molecular flexibility index (Phi) is 6.91. The topological polar surface area (TPSA) is 61.4 Å². The molecule has 0 saturated heterocycles. The summed E-state index contributed by atoms with van der Waals surface area (Å²) in [5, 5.41) is 6.44. The van der Waals surface area contributed by atoms with Crippen LogP contribution >= 0.6 is 0 Å². The molecule has 154 valence electrons. The van der Waals surface area contributed by atoms with Crippen LogP contribution in [0.2, 0.25) is 0 Å². The maximum Gasteiger partial charge on any atom is 0.256 e. The number of fused-ring (bicyclic) bond motifs is 1. The van der Waals surface area contributed by atoms with Gasteiger partial charge in [-0.3, -0.25) is 9.59 Å². The molecule has 0 unspecified atom stereocenters. The Bertz CT molecular complexity index is 845. The second kappa shape index (κ2) is 9.59. The Morgan fingerprint density at radius 2 is 1.79 bits per heavy atom. The molecule has 0 fully saturated rings. The van der Waals surface area contributed by atoms with Crippen molar-refractivity contribution in [3.05, 3.63) is 65.2 Å². The molecule has 0 spiro atoms. The highest BCUT2D eigenvalue weighted by Crippen LogP contribution is 2.34. The van der Waals surface area contributed by atoms with Crippen LogP contribution in [-0.4, -0.2) is 29.8 Å². The minimum Gasteiger partial charge on any atom is -0.361 e. The van der Waals surface area contributed by atoms with Crippen molar-refractivity contribution in [1.82, 2.24) is 10.2 Å². The number of hydrogen-bond donors (Lipinski definition) is 2. The van der Waals surface area contributed by atoms with Crippen LogP contribution in [0.5, 0.6) is 0 Å². The molecule has 1 heterocycles. The Balaban J connectivity index is 1.71. The molecule has 0 aliphatic carbocycles. The van der Waals surface area contributed by atoms with Crippen LogP contribution in [0.25, 0.3) is 0 Å². The van der Waals surface area contributed by atoms with E-state index < -0.39 is 0 Å². The summed E-state index contributed by atoms with van der Waals surface area (Å²) < 4.78 is 0. The van der Waals surface area contributed by atoms with Crippen molar-refractivity contribution < 1.29 is 9.59 Å². The van der Waals surface area contributed by atoms with Crippen molar-refractivity contribution in [2.75, 3.05) is 18.4 Å². The third-order valence-corrected chi connectivity index (χ3v) is 5.14. The molecule has 5 nitrogen and oxygen atoms in total. The molecule has 1 aliphatic rings. The van der Waals surface area contributed by atoms with Crippen molar-refractivity contribution in [2.24, 2.45) is 5.92 Å². The maximum absolute atomic E-state index is 12.9. The number of unbranched alkanes of at least 4 members (excludes halogenated alkanes) is 2. The van der Waals surface area contributed by atoms with Crippen molar-refractivity contribution >= 4 is 17.5 Å². The first-order valence-electron chi connectivity index (χ1n) is 10.6. The van der Waals surface area contributed by atoms with Crippen molar-refractivity contribution in [2.45, 2.75) is 46.2 Å². The molecule has 29 heavy (non-hydrogen) atoms. The number of anilines is 1. The Morgan fingerprint density at radius 1 is 1.07 bits per heavy atom. The summed E-state index contributed by atoms with van der Waals surface area (Å²) in [6.07, 6.45) is 3.06. The van der Waals surface area contributed by atoms with Crippen LogP contribution in [0, 0.1) is 5.92 Å². The first kappa shape index (κ1) is 20.9. The average molecular weight is 394 g/mol. The summed E-state index contributed by atoms with van der Waals surface area (Å²) in [7, 11) is 0. The summed E-state index contributed by atoms with van der Waals surface area (Å²) in [6, 6.07) is 15.2. The lowest BCUT2D eigenvalue weighted by Gasteiger charge is -2.28. The first-order chi connectivity index (χ1) is 14.0. The maximum atomic E-state index is 12.9. The van der Waals surface area contributed by atoms with Gasteiger partial charge in [-0.05, 0) is 42.7 Å². The molecule has 2 N–H and O–H groups in total. The predicted molar refractivity (Wildman–Crippen MR) is 117 cm³/mol. The van der Waals surface area contributed by atoms with E-state index in [-0.39, 0.29) is 18.0 Å². The van der Waals surface area contributed by atoms with E-state index in [0.717, 1.165) is 36.1 Å². The van der Waals surface area contributed by atoms with Crippen LogP contribution < -0.4 is 10.6 Å². The second-order valence-electron chi connectivity index (χ2n) is 8.03. The third kappa shape index (κ3) is 4.97. The van der Waals surface area contributed by atoms with Gasteiger partial charge in [-0.1, -0.05) is 51.8 Å². The van der Waals surface area contributed by atoms with E-state index in [2.05, 4.69) is 31.4 Å². The Hall–Kier alpha value is -2.82. The standard InChI is InChI=1S/C24H31N3O2/c1-4-5-8-15-25-23(28)18-11-13-19(14-12-18)26-22-20-9-6-7-10-21(20)24(29)27(22)16-17(2)3/h6-7,9-14,17,22,26H,4-5,8,15-16H2,1-3H3,(H,25,28)/t22-/m1/s1. The van der Waals surface area contributed by atoms with Gasteiger partial charge in [0.2, 0.25) is 0 Å². The van der Waals surface area contributed by atoms with E-state index in [4.69, 9.17) is 0 Å². The molecule has 2 amide bonds. The smallest absolute Gasteiger partial charge is 0.256 e. The predicted octanol–water partition coefficient (Wildman–Crippen LogP) is 4.83.